The molecule has 20 heavy (non-hydrogen) atoms. The lowest BCUT2D eigenvalue weighted by atomic mass is 10.0. The molecule has 2 rings (SSSR count). The molecule has 0 radical (unpaired) electrons. The van der Waals surface area contributed by atoms with E-state index in [0.29, 0.717) is 31.0 Å². The van der Waals surface area contributed by atoms with Gasteiger partial charge in [-0.15, -0.1) is 0 Å². The molecule has 1 unspecified atom stereocenters. The van der Waals surface area contributed by atoms with Gasteiger partial charge < -0.3 is 10.6 Å². The Morgan fingerprint density at radius 2 is 2.20 bits per heavy atom. The minimum atomic E-state index is -0.201. The standard InChI is InChI=1S/C16H23FN2O/c17-15-7-2-1-5-13(15)10-12-19-16(20)9-8-14-6-3-4-11-18-14/h1-2,5,7,14,18H,3-4,6,8-12H2,(H,19,20). The van der Waals surface area contributed by atoms with Crippen LogP contribution in [0, 0.1) is 5.82 Å². The van der Waals surface area contributed by atoms with Gasteiger partial charge in [0, 0.05) is 19.0 Å². The molecule has 0 aliphatic carbocycles. The largest absolute Gasteiger partial charge is 0.356 e. The minimum absolute atomic E-state index is 0.0636. The van der Waals surface area contributed by atoms with Crippen LogP contribution < -0.4 is 10.6 Å². The number of rotatable bonds is 6. The lowest BCUT2D eigenvalue weighted by molar-refractivity contribution is -0.121. The maximum Gasteiger partial charge on any atom is 0.220 e. The van der Waals surface area contributed by atoms with Crippen LogP contribution in [-0.2, 0) is 11.2 Å². The van der Waals surface area contributed by atoms with Crippen LogP contribution in [0.3, 0.4) is 0 Å². The second-order valence-corrected chi connectivity index (χ2v) is 5.38. The first kappa shape index (κ1) is 15.0. The minimum Gasteiger partial charge on any atom is -0.356 e. The fourth-order valence-corrected chi connectivity index (χ4v) is 2.60. The first-order valence-corrected chi connectivity index (χ1v) is 7.49. The molecule has 0 spiro atoms. The highest BCUT2D eigenvalue weighted by Gasteiger charge is 2.13. The highest BCUT2D eigenvalue weighted by molar-refractivity contribution is 5.75. The number of hydrogen-bond donors (Lipinski definition) is 2. The Morgan fingerprint density at radius 1 is 1.35 bits per heavy atom. The Bertz CT molecular complexity index is 430. The molecule has 4 heteroatoms. The van der Waals surface area contributed by atoms with Crippen LogP contribution in [-0.4, -0.2) is 25.0 Å². The smallest absolute Gasteiger partial charge is 0.220 e. The van der Waals surface area contributed by atoms with Crippen molar-refractivity contribution in [2.75, 3.05) is 13.1 Å². The second kappa shape index (κ2) is 8.00. The van der Waals surface area contributed by atoms with Crippen molar-refractivity contribution in [3.05, 3.63) is 35.6 Å². The maximum atomic E-state index is 13.4. The molecule has 0 aromatic heterocycles. The Balaban J connectivity index is 1.61. The summed E-state index contributed by atoms with van der Waals surface area (Å²) in [7, 11) is 0. The highest BCUT2D eigenvalue weighted by atomic mass is 19.1. The highest BCUT2D eigenvalue weighted by Crippen LogP contribution is 2.11. The molecule has 1 aliphatic rings. The summed E-state index contributed by atoms with van der Waals surface area (Å²) >= 11 is 0. The number of amides is 1. The Morgan fingerprint density at radius 3 is 2.95 bits per heavy atom. The molecule has 3 nitrogen and oxygen atoms in total. The Hall–Kier alpha value is -1.42. The summed E-state index contributed by atoms with van der Waals surface area (Å²) in [6, 6.07) is 7.18. The fraction of sp³-hybridized carbons (Fsp3) is 0.562. The van der Waals surface area contributed by atoms with Crippen LogP contribution in [0.5, 0.6) is 0 Å². The number of piperidine rings is 1. The van der Waals surface area contributed by atoms with Crippen molar-refractivity contribution < 1.29 is 9.18 Å². The van der Waals surface area contributed by atoms with Crippen molar-refractivity contribution >= 4 is 5.91 Å². The SMILES string of the molecule is O=C(CCC1CCCCN1)NCCc1ccccc1F. The summed E-state index contributed by atoms with van der Waals surface area (Å²) in [6.45, 7) is 1.57. The monoisotopic (exact) mass is 278 g/mol. The van der Waals surface area contributed by atoms with Crippen LogP contribution in [0.4, 0.5) is 4.39 Å². The van der Waals surface area contributed by atoms with Gasteiger partial charge in [0.25, 0.3) is 0 Å². The Kier molecular flexibility index (Phi) is 5.99. The van der Waals surface area contributed by atoms with Crippen LogP contribution in [0.1, 0.15) is 37.7 Å². The van der Waals surface area contributed by atoms with Crippen molar-refractivity contribution in [2.45, 2.75) is 44.6 Å². The number of hydrogen-bond acceptors (Lipinski definition) is 2. The predicted octanol–water partition coefficient (Wildman–Crippen LogP) is 2.41. The summed E-state index contributed by atoms with van der Waals surface area (Å²) in [5.74, 6) is -0.137. The quantitative estimate of drug-likeness (QED) is 0.839. The van der Waals surface area contributed by atoms with Crippen molar-refractivity contribution in [3.8, 4) is 0 Å². The molecule has 1 heterocycles. The first-order chi connectivity index (χ1) is 9.75. The first-order valence-electron chi connectivity index (χ1n) is 7.49. The molecule has 1 amide bonds. The fourth-order valence-electron chi connectivity index (χ4n) is 2.60. The van der Waals surface area contributed by atoms with Crippen molar-refractivity contribution in [2.24, 2.45) is 0 Å². The average molecular weight is 278 g/mol. The summed E-state index contributed by atoms with van der Waals surface area (Å²) in [5, 5.41) is 6.30. The summed E-state index contributed by atoms with van der Waals surface area (Å²) < 4.78 is 13.4. The molecule has 2 N–H and O–H groups in total. The van der Waals surface area contributed by atoms with E-state index in [1.54, 1.807) is 12.1 Å². The van der Waals surface area contributed by atoms with E-state index in [9.17, 15) is 9.18 Å². The molecule has 1 aromatic carbocycles. The van der Waals surface area contributed by atoms with Gasteiger partial charge in [0.15, 0.2) is 0 Å². The van der Waals surface area contributed by atoms with E-state index >= 15 is 0 Å². The third-order valence-electron chi connectivity index (χ3n) is 3.81. The molecule has 1 fully saturated rings. The van der Waals surface area contributed by atoms with Crippen molar-refractivity contribution in [1.82, 2.24) is 10.6 Å². The normalized spacial score (nSPS) is 18.8. The van der Waals surface area contributed by atoms with Crippen LogP contribution in [0.2, 0.25) is 0 Å². The van der Waals surface area contributed by atoms with Gasteiger partial charge >= 0.3 is 0 Å². The maximum absolute atomic E-state index is 13.4. The van der Waals surface area contributed by atoms with Gasteiger partial charge in [-0.05, 0) is 43.9 Å². The van der Waals surface area contributed by atoms with Gasteiger partial charge in [0.05, 0.1) is 0 Å². The average Bonchev–Trinajstić information content (AvgIpc) is 2.48. The van der Waals surface area contributed by atoms with E-state index in [4.69, 9.17) is 0 Å². The van der Waals surface area contributed by atoms with E-state index < -0.39 is 0 Å². The Labute approximate surface area is 120 Å². The molecule has 110 valence electrons. The van der Waals surface area contributed by atoms with Crippen LogP contribution in [0.25, 0.3) is 0 Å². The van der Waals surface area contributed by atoms with Gasteiger partial charge in [-0.2, -0.15) is 0 Å². The number of carbonyl (C=O) groups is 1. The number of carbonyl (C=O) groups excluding carboxylic acids is 1. The third-order valence-corrected chi connectivity index (χ3v) is 3.81. The molecule has 1 aromatic rings. The summed E-state index contributed by atoms with van der Waals surface area (Å²) in [6.07, 6.45) is 5.65. The third kappa shape index (κ3) is 4.93. The zero-order valence-corrected chi connectivity index (χ0v) is 11.8. The molecule has 1 aliphatic heterocycles. The van der Waals surface area contributed by atoms with Gasteiger partial charge in [-0.1, -0.05) is 24.6 Å². The lowest BCUT2D eigenvalue weighted by Gasteiger charge is -2.23. The van der Waals surface area contributed by atoms with E-state index in [-0.39, 0.29) is 11.7 Å². The van der Waals surface area contributed by atoms with Gasteiger partial charge in [0.2, 0.25) is 5.91 Å². The number of nitrogens with one attached hydrogen (secondary N) is 2. The number of halogens is 1. The van der Waals surface area contributed by atoms with Gasteiger partial charge in [-0.3, -0.25) is 4.79 Å². The molecule has 1 atom stereocenters. The molecular formula is C16H23FN2O. The van der Waals surface area contributed by atoms with Crippen LogP contribution in [0.15, 0.2) is 24.3 Å². The summed E-state index contributed by atoms with van der Waals surface area (Å²) in [4.78, 5) is 11.7. The topological polar surface area (TPSA) is 41.1 Å². The van der Waals surface area contributed by atoms with Gasteiger partial charge in [0.1, 0.15) is 5.82 Å². The molecule has 0 bridgehead atoms. The van der Waals surface area contributed by atoms with Crippen molar-refractivity contribution in [3.63, 3.8) is 0 Å². The van der Waals surface area contributed by atoms with E-state index in [1.807, 2.05) is 6.07 Å². The number of benzene rings is 1. The van der Waals surface area contributed by atoms with Crippen molar-refractivity contribution in [1.29, 1.82) is 0 Å². The molecule has 1 saturated heterocycles. The zero-order chi connectivity index (χ0) is 14.2. The van der Waals surface area contributed by atoms with Crippen LogP contribution >= 0.6 is 0 Å². The van der Waals surface area contributed by atoms with Gasteiger partial charge in [-0.25, -0.2) is 4.39 Å². The zero-order valence-electron chi connectivity index (χ0n) is 11.8. The lowest BCUT2D eigenvalue weighted by Crippen LogP contribution is -2.35. The summed E-state index contributed by atoms with van der Waals surface area (Å²) in [5.41, 5.74) is 0.654. The molecular weight excluding hydrogens is 255 g/mol. The van der Waals surface area contributed by atoms with E-state index in [1.165, 1.54) is 25.3 Å². The predicted molar refractivity (Wildman–Crippen MR) is 78.0 cm³/mol. The van der Waals surface area contributed by atoms with E-state index in [2.05, 4.69) is 10.6 Å². The van der Waals surface area contributed by atoms with E-state index in [0.717, 1.165) is 13.0 Å². The molecule has 0 saturated carbocycles. The second-order valence-electron chi connectivity index (χ2n) is 5.38.